The highest BCUT2D eigenvalue weighted by atomic mass is 19.4. The van der Waals surface area contributed by atoms with E-state index in [1.807, 2.05) is 0 Å². The summed E-state index contributed by atoms with van der Waals surface area (Å²) in [5.41, 5.74) is 2.73. The Balaban J connectivity index is 0.000000272. The van der Waals surface area contributed by atoms with Gasteiger partial charge in [0.2, 0.25) is 0 Å². The molecule has 4 bridgehead atoms. The van der Waals surface area contributed by atoms with Crippen molar-refractivity contribution in [3.05, 3.63) is 54.4 Å². The van der Waals surface area contributed by atoms with Crippen molar-refractivity contribution in [1.82, 2.24) is 4.57 Å². The number of rotatable bonds is 3. The number of hydrogen-bond donors (Lipinski definition) is 1. The summed E-state index contributed by atoms with van der Waals surface area (Å²) in [5.74, 6) is 0.144. The number of aromatic nitrogens is 1. The van der Waals surface area contributed by atoms with Crippen LogP contribution in [-0.4, -0.2) is 33.6 Å². The van der Waals surface area contributed by atoms with Gasteiger partial charge < -0.3 is 9.67 Å². The van der Waals surface area contributed by atoms with Crippen LogP contribution < -0.4 is 0 Å². The lowest BCUT2D eigenvalue weighted by atomic mass is 9.53. The zero-order valence-electron chi connectivity index (χ0n) is 16.6. The molecule has 4 fully saturated rings. The third kappa shape index (κ3) is 4.60. The average molecular weight is 418 g/mol. The maximum atomic E-state index is 10.6. The predicted octanol–water partition coefficient (Wildman–Crippen LogP) is 5.50. The van der Waals surface area contributed by atoms with Gasteiger partial charge in [0.15, 0.2) is 0 Å². The number of aliphatic carboxylic acids is 1. The first kappa shape index (κ1) is 20.7. The van der Waals surface area contributed by atoms with Crippen molar-refractivity contribution in [1.29, 1.82) is 0 Å². The SMILES string of the molecule is C(=NC12CC3CC(CC(C3)C1)C2)c1ccc(-n2cccc2)cc1.O=C(O)C(F)(F)F. The van der Waals surface area contributed by atoms with Crippen molar-refractivity contribution >= 4 is 12.2 Å². The Kier molecular flexibility index (Phi) is 5.47. The van der Waals surface area contributed by atoms with E-state index in [0.717, 1.165) is 17.8 Å². The van der Waals surface area contributed by atoms with Crippen LogP contribution in [0.1, 0.15) is 44.1 Å². The molecule has 0 saturated heterocycles. The summed E-state index contributed by atoms with van der Waals surface area (Å²) in [6.07, 6.45) is 9.72. The second-order valence-electron chi connectivity index (χ2n) is 8.88. The van der Waals surface area contributed by atoms with Crippen LogP contribution in [0.2, 0.25) is 0 Å². The monoisotopic (exact) mass is 418 g/mol. The second kappa shape index (κ2) is 7.93. The molecule has 0 radical (unpaired) electrons. The number of aliphatic imine (C=N–C) groups is 1. The Morgan fingerprint density at radius 3 is 1.90 bits per heavy atom. The molecule has 6 rings (SSSR count). The largest absolute Gasteiger partial charge is 0.490 e. The number of alkyl halides is 3. The highest BCUT2D eigenvalue weighted by Crippen LogP contribution is 2.57. The lowest BCUT2D eigenvalue weighted by Crippen LogP contribution is -2.49. The molecule has 0 unspecified atom stereocenters. The van der Waals surface area contributed by atoms with Gasteiger partial charge in [-0.1, -0.05) is 12.1 Å². The smallest absolute Gasteiger partial charge is 0.475 e. The predicted molar refractivity (Wildman–Crippen MR) is 108 cm³/mol. The Bertz CT molecular complexity index is 866. The number of benzene rings is 1. The quantitative estimate of drug-likeness (QED) is 0.670. The Hall–Kier alpha value is -2.57. The van der Waals surface area contributed by atoms with Crippen LogP contribution in [0.4, 0.5) is 13.2 Å². The molecule has 1 N–H and O–H groups in total. The highest BCUT2D eigenvalue weighted by molar-refractivity contribution is 5.80. The number of carboxylic acids is 1. The van der Waals surface area contributed by atoms with E-state index in [9.17, 15) is 13.2 Å². The van der Waals surface area contributed by atoms with Gasteiger partial charge in [-0.3, -0.25) is 4.99 Å². The third-order valence-corrected chi connectivity index (χ3v) is 6.53. The van der Waals surface area contributed by atoms with Crippen LogP contribution in [0.5, 0.6) is 0 Å². The van der Waals surface area contributed by atoms with Crippen molar-refractivity contribution in [2.24, 2.45) is 22.7 Å². The summed E-state index contributed by atoms with van der Waals surface area (Å²) in [4.78, 5) is 14.0. The number of halogens is 3. The summed E-state index contributed by atoms with van der Waals surface area (Å²) in [6.45, 7) is 0. The highest BCUT2D eigenvalue weighted by Gasteiger charge is 2.50. The fourth-order valence-electron chi connectivity index (χ4n) is 5.67. The van der Waals surface area contributed by atoms with Gasteiger partial charge in [0, 0.05) is 24.3 Å². The van der Waals surface area contributed by atoms with Gasteiger partial charge in [0.25, 0.3) is 0 Å². The first-order chi connectivity index (χ1) is 14.2. The van der Waals surface area contributed by atoms with Gasteiger partial charge in [-0.15, -0.1) is 0 Å². The van der Waals surface area contributed by atoms with Crippen LogP contribution >= 0.6 is 0 Å². The minimum Gasteiger partial charge on any atom is -0.475 e. The van der Waals surface area contributed by atoms with Crippen molar-refractivity contribution in [3.63, 3.8) is 0 Å². The van der Waals surface area contributed by atoms with Crippen LogP contribution in [0.25, 0.3) is 5.69 Å². The maximum Gasteiger partial charge on any atom is 0.490 e. The summed E-state index contributed by atoms with van der Waals surface area (Å²) < 4.78 is 33.9. The summed E-state index contributed by atoms with van der Waals surface area (Å²) in [6, 6.07) is 12.9. The molecule has 4 aliphatic carbocycles. The molecule has 160 valence electrons. The lowest BCUT2D eigenvalue weighted by molar-refractivity contribution is -0.192. The van der Waals surface area contributed by atoms with Gasteiger partial charge in [0.05, 0.1) is 5.54 Å². The molecule has 0 aliphatic heterocycles. The Labute approximate surface area is 173 Å². The van der Waals surface area contributed by atoms with E-state index in [1.165, 1.54) is 49.8 Å². The molecule has 0 atom stereocenters. The number of nitrogens with zero attached hydrogens (tertiary/aromatic N) is 2. The van der Waals surface area contributed by atoms with E-state index in [4.69, 9.17) is 14.9 Å². The number of hydrogen-bond acceptors (Lipinski definition) is 2. The van der Waals surface area contributed by atoms with Gasteiger partial charge >= 0.3 is 12.1 Å². The molecule has 4 nitrogen and oxygen atoms in total. The van der Waals surface area contributed by atoms with Crippen molar-refractivity contribution in [3.8, 4) is 5.69 Å². The fourth-order valence-corrected chi connectivity index (χ4v) is 5.67. The molecular weight excluding hydrogens is 393 g/mol. The standard InChI is InChI=1S/C21H24N2.C2HF3O2/c1-2-8-23(7-1)20-5-3-16(4-6-20)15-22-21-12-17-9-18(13-21)11-19(10-17)14-21;3-2(4,5)1(6)7/h1-8,15,17-19H,9-14H2;(H,6,7). The van der Waals surface area contributed by atoms with Crippen LogP contribution in [-0.2, 0) is 4.79 Å². The maximum absolute atomic E-state index is 10.6. The summed E-state index contributed by atoms with van der Waals surface area (Å²) >= 11 is 0. The Morgan fingerprint density at radius 2 is 1.47 bits per heavy atom. The van der Waals surface area contributed by atoms with E-state index in [-0.39, 0.29) is 5.54 Å². The van der Waals surface area contributed by atoms with Gasteiger partial charge in [-0.25, -0.2) is 4.79 Å². The minimum absolute atomic E-state index is 0.286. The molecule has 0 spiro atoms. The number of carboxylic acid groups (broad SMARTS) is 1. The molecule has 4 aliphatic rings. The van der Waals surface area contributed by atoms with Crippen molar-refractivity contribution in [2.75, 3.05) is 0 Å². The lowest BCUT2D eigenvalue weighted by Gasteiger charge is -2.54. The summed E-state index contributed by atoms with van der Waals surface area (Å²) in [5, 5.41) is 7.12. The first-order valence-electron chi connectivity index (χ1n) is 10.3. The van der Waals surface area contributed by atoms with Crippen molar-refractivity contribution in [2.45, 2.75) is 50.2 Å². The van der Waals surface area contributed by atoms with E-state index >= 15 is 0 Å². The van der Waals surface area contributed by atoms with Gasteiger partial charge in [-0.05, 0) is 86.1 Å². The van der Waals surface area contributed by atoms with Crippen LogP contribution in [0.3, 0.4) is 0 Å². The molecule has 4 saturated carbocycles. The van der Waals surface area contributed by atoms with E-state index < -0.39 is 12.1 Å². The van der Waals surface area contributed by atoms with Gasteiger partial charge in [-0.2, -0.15) is 13.2 Å². The minimum atomic E-state index is -5.08. The fraction of sp³-hybridized carbons (Fsp3) is 0.478. The molecule has 30 heavy (non-hydrogen) atoms. The second-order valence-corrected chi connectivity index (χ2v) is 8.88. The van der Waals surface area contributed by atoms with Crippen LogP contribution in [0, 0.1) is 17.8 Å². The zero-order chi connectivity index (χ0) is 21.4. The first-order valence-corrected chi connectivity index (χ1v) is 10.3. The molecule has 1 heterocycles. The van der Waals surface area contributed by atoms with Crippen LogP contribution in [0.15, 0.2) is 53.8 Å². The average Bonchev–Trinajstić information content (AvgIpc) is 3.20. The molecule has 7 heteroatoms. The number of carbonyl (C=O) groups is 1. The van der Waals surface area contributed by atoms with Crippen molar-refractivity contribution < 1.29 is 23.1 Å². The van der Waals surface area contributed by atoms with Gasteiger partial charge in [0.1, 0.15) is 0 Å². The molecule has 1 aromatic carbocycles. The molecule has 0 amide bonds. The van der Waals surface area contributed by atoms with E-state index in [2.05, 4.69) is 59.6 Å². The Morgan fingerprint density at radius 1 is 1.00 bits per heavy atom. The third-order valence-electron chi connectivity index (χ3n) is 6.53. The van der Waals surface area contributed by atoms with E-state index in [1.54, 1.807) is 0 Å². The topological polar surface area (TPSA) is 54.6 Å². The zero-order valence-corrected chi connectivity index (χ0v) is 16.6. The molecule has 2 aromatic rings. The summed E-state index contributed by atoms with van der Waals surface area (Å²) in [7, 11) is 0. The molecular formula is C23H25F3N2O2. The molecule has 1 aromatic heterocycles. The normalized spacial score (nSPS) is 29.6. The van der Waals surface area contributed by atoms with E-state index in [0.29, 0.717) is 0 Å².